The molecule has 5 nitrogen and oxygen atoms in total. The van der Waals surface area contributed by atoms with Gasteiger partial charge in [-0.15, -0.1) is 18.2 Å². The first-order valence-corrected chi connectivity index (χ1v) is 11.2. The second-order valence-electron chi connectivity index (χ2n) is 7.52. The molecule has 0 saturated carbocycles. The standard InChI is InChI=1S/C26H25NO4S/c1-3-15-27(18(2)16-25(28)29)23-14-13-22(20-11-7-8-12-21(20)23)24(17-26(30)31)32-19-9-5-4-6-10-19/h1,4-14,18,24H,15-17H2,2H3,(H,28,29)(H,30,31)/t18-,24?/m0/s1. The summed E-state index contributed by atoms with van der Waals surface area (Å²) in [5.74, 6) is 0.880. The van der Waals surface area contributed by atoms with E-state index in [0.29, 0.717) is 0 Å². The number of carboxylic acid groups (broad SMARTS) is 2. The van der Waals surface area contributed by atoms with Gasteiger partial charge in [-0.2, -0.15) is 0 Å². The maximum atomic E-state index is 11.7. The number of carbonyl (C=O) groups is 2. The lowest BCUT2D eigenvalue weighted by atomic mass is 9.97. The van der Waals surface area contributed by atoms with E-state index in [1.807, 2.05) is 78.6 Å². The van der Waals surface area contributed by atoms with Crippen LogP contribution in [0.15, 0.2) is 71.6 Å². The van der Waals surface area contributed by atoms with Crippen molar-refractivity contribution in [2.24, 2.45) is 0 Å². The Hall–Kier alpha value is -3.43. The Kier molecular flexibility index (Phi) is 7.80. The summed E-state index contributed by atoms with van der Waals surface area (Å²) in [6.45, 7) is 2.11. The Labute approximate surface area is 192 Å². The zero-order valence-corrected chi connectivity index (χ0v) is 18.6. The van der Waals surface area contributed by atoms with Gasteiger partial charge in [-0.1, -0.05) is 54.5 Å². The number of nitrogens with zero attached hydrogens (tertiary/aromatic N) is 1. The third kappa shape index (κ3) is 5.63. The molecular formula is C26H25NO4S. The van der Waals surface area contributed by atoms with Gasteiger partial charge in [-0.25, -0.2) is 0 Å². The van der Waals surface area contributed by atoms with Gasteiger partial charge in [0.15, 0.2) is 0 Å². The van der Waals surface area contributed by atoms with E-state index < -0.39 is 11.9 Å². The SMILES string of the molecule is C#CCN(c1ccc(C(CC(=O)O)Sc2ccccc2)c2ccccc12)[C@@H](C)CC(=O)O. The number of hydrogen-bond donors (Lipinski definition) is 2. The van der Waals surface area contributed by atoms with Crippen LogP contribution in [-0.2, 0) is 9.59 Å². The number of fused-ring (bicyclic) bond motifs is 1. The molecule has 0 aliphatic carbocycles. The minimum Gasteiger partial charge on any atom is -0.481 e. The maximum absolute atomic E-state index is 11.7. The number of rotatable bonds is 10. The monoisotopic (exact) mass is 447 g/mol. The molecule has 0 spiro atoms. The molecular weight excluding hydrogens is 422 g/mol. The topological polar surface area (TPSA) is 77.8 Å². The van der Waals surface area contributed by atoms with Gasteiger partial charge in [-0.3, -0.25) is 9.59 Å². The zero-order chi connectivity index (χ0) is 23.1. The molecule has 0 aromatic heterocycles. The molecule has 1 unspecified atom stereocenters. The lowest BCUT2D eigenvalue weighted by Crippen LogP contribution is -2.35. The van der Waals surface area contributed by atoms with E-state index in [1.54, 1.807) is 0 Å². The van der Waals surface area contributed by atoms with Crippen LogP contribution in [0.2, 0.25) is 0 Å². The average molecular weight is 448 g/mol. The summed E-state index contributed by atoms with van der Waals surface area (Å²) in [6.07, 6.45) is 5.53. The maximum Gasteiger partial charge on any atom is 0.305 e. The smallest absolute Gasteiger partial charge is 0.305 e. The molecule has 3 aromatic rings. The molecule has 0 bridgehead atoms. The summed E-state index contributed by atoms with van der Waals surface area (Å²) >= 11 is 1.52. The Morgan fingerprint density at radius 3 is 2.19 bits per heavy atom. The Balaban J connectivity index is 2.10. The fourth-order valence-corrected chi connectivity index (χ4v) is 5.02. The first-order valence-electron chi connectivity index (χ1n) is 10.3. The van der Waals surface area contributed by atoms with Crippen molar-refractivity contribution < 1.29 is 19.8 Å². The van der Waals surface area contributed by atoms with E-state index in [1.165, 1.54) is 11.8 Å². The minimum atomic E-state index is -0.888. The van der Waals surface area contributed by atoms with Crippen LogP contribution in [0.4, 0.5) is 5.69 Å². The van der Waals surface area contributed by atoms with Crippen LogP contribution in [0.5, 0.6) is 0 Å². The van der Waals surface area contributed by atoms with Crippen LogP contribution in [0, 0.1) is 12.3 Å². The van der Waals surface area contributed by atoms with Crippen LogP contribution in [0.1, 0.15) is 30.6 Å². The molecule has 164 valence electrons. The molecule has 3 rings (SSSR count). The van der Waals surface area contributed by atoms with E-state index in [4.69, 9.17) is 6.42 Å². The number of carboxylic acids is 2. The van der Waals surface area contributed by atoms with E-state index in [9.17, 15) is 19.8 Å². The lowest BCUT2D eigenvalue weighted by molar-refractivity contribution is -0.138. The summed E-state index contributed by atoms with van der Waals surface area (Å²) in [4.78, 5) is 25.9. The fraction of sp³-hybridized carbons (Fsp3) is 0.231. The van der Waals surface area contributed by atoms with Crippen molar-refractivity contribution in [2.75, 3.05) is 11.4 Å². The van der Waals surface area contributed by atoms with Gasteiger partial charge in [0.1, 0.15) is 0 Å². The van der Waals surface area contributed by atoms with Crippen LogP contribution < -0.4 is 4.90 Å². The highest BCUT2D eigenvalue weighted by Gasteiger charge is 2.23. The van der Waals surface area contributed by atoms with Gasteiger partial charge in [0.05, 0.1) is 19.4 Å². The van der Waals surface area contributed by atoms with E-state index in [2.05, 4.69) is 5.92 Å². The molecule has 0 aliphatic heterocycles. The van der Waals surface area contributed by atoms with Crippen LogP contribution >= 0.6 is 11.8 Å². The summed E-state index contributed by atoms with van der Waals surface area (Å²) in [5.41, 5.74) is 1.77. The third-order valence-electron chi connectivity index (χ3n) is 5.24. The molecule has 0 heterocycles. The van der Waals surface area contributed by atoms with E-state index >= 15 is 0 Å². The van der Waals surface area contributed by atoms with Gasteiger partial charge >= 0.3 is 11.9 Å². The van der Waals surface area contributed by atoms with Crippen molar-refractivity contribution in [3.63, 3.8) is 0 Å². The van der Waals surface area contributed by atoms with Crippen molar-refractivity contribution >= 4 is 40.2 Å². The van der Waals surface area contributed by atoms with Crippen molar-refractivity contribution in [1.82, 2.24) is 0 Å². The van der Waals surface area contributed by atoms with Crippen molar-refractivity contribution in [3.8, 4) is 12.3 Å². The number of terminal acetylenes is 1. The number of benzene rings is 3. The van der Waals surface area contributed by atoms with Crippen molar-refractivity contribution in [2.45, 2.75) is 36.0 Å². The minimum absolute atomic E-state index is 0.0214. The number of hydrogen-bond acceptors (Lipinski definition) is 4. The highest BCUT2D eigenvalue weighted by atomic mass is 32.2. The van der Waals surface area contributed by atoms with Crippen LogP contribution in [0.3, 0.4) is 0 Å². The first-order chi connectivity index (χ1) is 15.4. The molecule has 32 heavy (non-hydrogen) atoms. The summed E-state index contributed by atoms with van der Waals surface area (Å²) in [5, 5.41) is 20.4. The molecule has 0 amide bonds. The average Bonchev–Trinajstić information content (AvgIpc) is 2.76. The second-order valence-corrected chi connectivity index (χ2v) is 8.79. The molecule has 2 N–H and O–H groups in total. The van der Waals surface area contributed by atoms with E-state index in [0.717, 1.165) is 26.9 Å². The molecule has 0 radical (unpaired) electrons. The highest BCUT2D eigenvalue weighted by Crippen LogP contribution is 2.42. The fourth-order valence-electron chi connectivity index (χ4n) is 3.81. The lowest BCUT2D eigenvalue weighted by Gasteiger charge is -2.31. The van der Waals surface area contributed by atoms with Crippen molar-refractivity contribution in [3.05, 3.63) is 72.3 Å². The number of anilines is 1. The Morgan fingerprint density at radius 2 is 1.56 bits per heavy atom. The zero-order valence-electron chi connectivity index (χ0n) is 17.8. The van der Waals surface area contributed by atoms with E-state index in [-0.39, 0.29) is 30.7 Å². The normalized spacial score (nSPS) is 12.6. The van der Waals surface area contributed by atoms with Gasteiger partial charge in [-0.05, 0) is 36.1 Å². The molecule has 0 fully saturated rings. The van der Waals surface area contributed by atoms with Gasteiger partial charge in [0, 0.05) is 27.3 Å². The van der Waals surface area contributed by atoms with Crippen LogP contribution in [0.25, 0.3) is 10.8 Å². The first kappa shape index (κ1) is 23.2. The van der Waals surface area contributed by atoms with Gasteiger partial charge in [0.2, 0.25) is 0 Å². The van der Waals surface area contributed by atoms with Crippen molar-refractivity contribution in [1.29, 1.82) is 0 Å². The predicted molar refractivity (Wildman–Crippen MR) is 129 cm³/mol. The number of aliphatic carboxylic acids is 2. The second kappa shape index (κ2) is 10.7. The molecule has 6 heteroatoms. The quantitative estimate of drug-likeness (QED) is 0.318. The molecule has 0 saturated heterocycles. The largest absolute Gasteiger partial charge is 0.481 e. The predicted octanol–water partition coefficient (Wildman–Crippen LogP) is 5.45. The Bertz CT molecular complexity index is 1140. The van der Waals surface area contributed by atoms with Gasteiger partial charge in [0.25, 0.3) is 0 Å². The van der Waals surface area contributed by atoms with Gasteiger partial charge < -0.3 is 15.1 Å². The summed E-state index contributed by atoms with van der Waals surface area (Å²) < 4.78 is 0. The molecule has 3 aromatic carbocycles. The highest BCUT2D eigenvalue weighted by molar-refractivity contribution is 7.99. The summed E-state index contributed by atoms with van der Waals surface area (Å²) in [6, 6.07) is 21.1. The molecule has 0 aliphatic rings. The summed E-state index contributed by atoms with van der Waals surface area (Å²) in [7, 11) is 0. The third-order valence-corrected chi connectivity index (χ3v) is 6.49. The van der Waals surface area contributed by atoms with Crippen LogP contribution in [-0.4, -0.2) is 34.7 Å². The number of thioether (sulfide) groups is 1. The molecule has 2 atom stereocenters. The Morgan fingerprint density at radius 1 is 0.938 bits per heavy atom.